The molecule has 0 N–H and O–H groups in total. The molecule has 1 aromatic heterocycles. The number of morpholine rings is 1. The number of carbonyl (C=O) groups is 1. The highest BCUT2D eigenvalue weighted by molar-refractivity contribution is 5.87. The standard InChI is InChI=1S/C20H25N5O2/c1-23(18-13-19(22-15-21-18)24-9-11-27-12-10-24)17-7-8-25(20(17)26)14-16-5-3-2-4-6-16/h2-6,13,15,17H,7-12,14H2,1H3. The van der Waals surface area contributed by atoms with E-state index in [0.717, 1.165) is 43.3 Å². The molecule has 1 amide bonds. The highest BCUT2D eigenvalue weighted by Gasteiger charge is 2.35. The van der Waals surface area contributed by atoms with Gasteiger partial charge in [-0.05, 0) is 12.0 Å². The van der Waals surface area contributed by atoms with Gasteiger partial charge in [-0.3, -0.25) is 4.79 Å². The second kappa shape index (κ2) is 7.92. The summed E-state index contributed by atoms with van der Waals surface area (Å²) in [5, 5.41) is 0. The first kappa shape index (κ1) is 17.7. The van der Waals surface area contributed by atoms with Gasteiger partial charge in [-0.15, -0.1) is 0 Å². The van der Waals surface area contributed by atoms with Crippen LogP contribution in [0.3, 0.4) is 0 Å². The van der Waals surface area contributed by atoms with Crippen molar-refractivity contribution >= 4 is 17.5 Å². The predicted molar refractivity (Wildman–Crippen MR) is 104 cm³/mol. The highest BCUT2D eigenvalue weighted by atomic mass is 16.5. The lowest BCUT2D eigenvalue weighted by molar-refractivity contribution is -0.129. The molecule has 2 fully saturated rings. The smallest absolute Gasteiger partial charge is 0.245 e. The zero-order chi connectivity index (χ0) is 18.6. The fourth-order valence-corrected chi connectivity index (χ4v) is 3.70. The van der Waals surface area contributed by atoms with Crippen molar-refractivity contribution in [2.45, 2.75) is 19.0 Å². The molecule has 1 aromatic carbocycles. The van der Waals surface area contributed by atoms with Crippen molar-refractivity contribution < 1.29 is 9.53 Å². The molecule has 27 heavy (non-hydrogen) atoms. The second-order valence-corrected chi connectivity index (χ2v) is 6.99. The van der Waals surface area contributed by atoms with Crippen molar-refractivity contribution in [1.29, 1.82) is 0 Å². The molecule has 3 heterocycles. The largest absolute Gasteiger partial charge is 0.378 e. The van der Waals surface area contributed by atoms with Gasteiger partial charge in [0.25, 0.3) is 0 Å². The van der Waals surface area contributed by atoms with Crippen LogP contribution in [0.4, 0.5) is 11.6 Å². The summed E-state index contributed by atoms with van der Waals surface area (Å²) in [5.74, 6) is 1.83. The number of hydrogen-bond acceptors (Lipinski definition) is 6. The summed E-state index contributed by atoms with van der Waals surface area (Å²) < 4.78 is 5.41. The van der Waals surface area contributed by atoms with Crippen LogP contribution in [0.15, 0.2) is 42.7 Å². The molecule has 2 aromatic rings. The summed E-state index contributed by atoms with van der Waals surface area (Å²) in [6, 6.07) is 11.9. The van der Waals surface area contributed by atoms with Gasteiger partial charge in [0.1, 0.15) is 24.0 Å². The van der Waals surface area contributed by atoms with E-state index in [1.807, 2.05) is 41.1 Å². The molecule has 4 rings (SSSR count). The summed E-state index contributed by atoms with van der Waals surface area (Å²) in [6.45, 7) is 4.51. The Balaban J connectivity index is 1.45. The topological polar surface area (TPSA) is 61.8 Å². The van der Waals surface area contributed by atoms with E-state index in [0.29, 0.717) is 19.8 Å². The maximum absolute atomic E-state index is 12.9. The zero-order valence-corrected chi connectivity index (χ0v) is 15.6. The van der Waals surface area contributed by atoms with Crippen molar-refractivity contribution in [3.8, 4) is 0 Å². The summed E-state index contributed by atoms with van der Waals surface area (Å²) in [6.07, 6.45) is 2.39. The molecule has 0 radical (unpaired) electrons. The average molecular weight is 367 g/mol. The number of likely N-dealkylation sites (N-methyl/N-ethyl adjacent to an activating group) is 1. The minimum Gasteiger partial charge on any atom is -0.378 e. The first-order valence-electron chi connectivity index (χ1n) is 9.42. The molecule has 2 aliphatic heterocycles. The zero-order valence-electron chi connectivity index (χ0n) is 15.6. The van der Waals surface area contributed by atoms with Crippen LogP contribution >= 0.6 is 0 Å². The van der Waals surface area contributed by atoms with Crippen LogP contribution in [0, 0.1) is 0 Å². The van der Waals surface area contributed by atoms with E-state index < -0.39 is 0 Å². The summed E-state index contributed by atoms with van der Waals surface area (Å²) in [5.41, 5.74) is 1.16. The van der Waals surface area contributed by atoms with Crippen molar-refractivity contribution in [2.75, 3.05) is 49.7 Å². The Morgan fingerprint density at radius 3 is 2.70 bits per heavy atom. The van der Waals surface area contributed by atoms with Gasteiger partial charge >= 0.3 is 0 Å². The first-order valence-corrected chi connectivity index (χ1v) is 9.42. The van der Waals surface area contributed by atoms with Crippen LogP contribution < -0.4 is 9.80 Å². The van der Waals surface area contributed by atoms with Crippen molar-refractivity contribution in [2.24, 2.45) is 0 Å². The number of anilines is 2. The number of hydrogen-bond donors (Lipinski definition) is 0. The Hall–Kier alpha value is -2.67. The van der Waals surface area contributed by atoms with E-state index in [2.05, 4.69) is 27.0 Å². The van der Waals surface area contributed by atoms with Gasteiger partial charge < -0.3 is 19.4 Å². The molecular weight excluding hydrogens is 342 g/mol. The Kier molecular flexibility index (Phi) is 5.20. The number of nitrogens with zero attached hydrogens (tertiary/aromatic N) is 5. The van der Waals surface area contributed by atoms with Gasteiger partial charge in [0, 0.05) is 39.3 Å². The third-order valence-electron chi connectivity index (χ3n) is 5.29. The fourth-order valence-electron chi connectivity index (χ4n) is 3.70. The minimum absolute atomic E-state index is 0.160. The fraction of sp³-hybridized carbons (Fsp3) is 0.450. The summed E-state index contributed by atoms with van der Waals surface area (Å²) in [7, 11) is 1.94. The number of amides is 1. The van der Waals surface area contributed by atoms with Gasteiger partial charge in [-0.2, -0.15) is 0 Å². The third kappa shape index (κ3) is 3.88. The molecule has 0 saturated carbocycles. The molecule has 0 spiro atoms. The highest BCUT2D eigenvalue weighted by Crippen LogP contribution is 2.24. The Bertz CT molecular complexity index is 779. The quantitative estimate of drug-likeness (QED) is 0.799. The monoisotopic (exact) mass is 367 g/mol. The molecule has 142 valence electrons. The van der Waals surface area contributed by atoms with Gasteiger partial charge in [-0.1, -0.05) is 30.3 Å². The molecule has 7 nitrogen and oxygen atoms in total. The van der Waals surface area contributed by atoms with Crippen LogP contribution in [0.5, 0.6) is 0 Å². The number of aromatic nitrogens is 2. The van der Waals surface area contributed by atoms with Crippen LogP contribution in [-0.4, -0.2) is 66.7 Å². The summed E-state index contributed by atoms with van der Waals surface area (Å²) >= 11 is 0. The van der Waals surface area contributed by atoms with E-state index >= 15 is 0 Å². The molecule has 7 heteroatoms. The lowest BCUT2D eigenvalue weighted by Crippen LogP contribution is -2.40. The SMILES string of the molecule is CN(c1cc(N2CCOCC2)ncn1)C1CCN(Cc2ccccc2)C1=O. The minimum atomic E-state index is -0.179. The second-order valence-electron chi connectivity index (χ2n) is 6.99. The number of rotatable bonds is 5. The lowest BCUT2D eigenvalue weighted by Gasteiger charge is -2.29. The number of benzene rings is 1. The van der Waals surface area contributed by atoms with Crippen LogP contribution in [-0.2, 0) is 16.1 Å². The van der Waals surface area contributed by atoms with E-state index in [1.54, 1.807) is 6.33 Å². The van der Waals surface area contributed by atoms with Crippen molar-refractivity contribution in [1.82, 2.24) is 14.9 Å². The average Bonchev–Trinajstić information content (AvgIpc) is 3.09. The van der Waals surface area contributed by atoms with Gasteiger partial charge in [0.05, 0.1) is 13.2 Å². The normalized spacial score (nSPS) is 20.2. The van der Waals surface area contributed by atoms with E-state index in [4.69, 9.17) is 4.74 Å². The lowest BCUT2D eigenvalue weighted by atomic mass is 10.2. The molecule has 2 saturated heterocycles. The molecule has 1 atom stereocenters. The van der Waals surface area contributed by atoms with Crippen LogP contribution in [0.2, 0.25) is 0 Å². The number of carbonyl (C=O) groups excluding carboxylic acids is 1. The Labute approximate surface area is 159 Å². The Morgan fingerprint density at radius 1 is 1.15 bits per heavy atom. The first-order chi connectivity index (χ1) is 13.2. The third-order valence-corrected chi connectivity index (χ3v) is 5.29. The number of ether oxygens (including phenoxy) is 1. The molecule has 0 aliphatic carbocycles. The van der Waals surface area contributed by atoms with E-state index in [1.165, 1.54) is 0 Å². The Morgan fingerprint density at radius 2 is 1.93 bits per heavy atom. The van der Waals surface area contributed by atoms with Crippen molar-refractivity contribution in [3.63, 3.8) is 0 Å². The van der Waals surface area contributed by atoms with E-state index in [9.17, 15) is 4.79 Å². The van der Waals surface area contributed by atoms with Gasteiger partial charge in [-0.25, -0.2) is 9.97 Å². The molecule has 0 bridgehead atoms. The van der Waals surface area contributed by atoms with Crippen molar-refractivity contribution in [3.05, 3.63) is 48.3 Å². The van der Waals surface area contributed by atoms with E-state index in [-0.39, 0.29) is 11.9 Å². The molecule has 2 aliphatic rings. The maximum Gasteiger partial charge on any atom is 0.245 e. The van der Waals surface area contributed by atoms with Gasteiger partial charge in [0.2, 0.25) is 5.91 Å². The van der Waals surface area contributed by atoms with Gasteiger partial charge in [0.15, 0.2) is 0 Å². The predicted octanol–water partition coefficient (Wildman–Crippen LogP) is 1.55. The molecule has 1 unspecified atom stereocenters. The summed E-state index contributed by atoms with van der Waals surface area (Å²) in [4.78, 5) is 27.8. The molecular formula is C20H25N5O2. The maximum atomic E-state index is 12.9. The van der Waals surface area contributed by atoms with Crippen LogP contribution in [0.1, 0.15) is 12.0 Å². The van der Waals surface area contributed by atoms with Crippen LogP contribution in [0.25, 0.3) is 0 Å². The number of likely N-dealkylation sites (tertiary alicyclic amines) is 1.